The predicted octanol–water partition coefficient (Wildman–Crippen LogP) is 2.10. The van der Waals surface area contributed by atoms with E-state index in [-0.39, 0.29) is 6.61 Å². The van der Waals surface area contributed by atoms with Crippen LogP contribution in [0, 0.1) is 0 Å². The highest BCUT2D eigenvalue weighted by Crippen LogP contribution is 2.20. The number of rotatable bonds is 6. The lowest BCUT2D eigenvalue weighted by Crippen LogP contribution is -1.99. The van der Waals surface area contributed by atoms with Crippen molar-refractivity contribution in [2.24, 2.45) is 0 Å². The molecular weight excluding hydrogens is 200 g/mol. The van der Waals surface area contributed by atoms with E-state index in [0.717, 1.165) is 17.9 Å². The van der Waals surface area contributed by atoms with Gasteiger partial charge < -0.3 is 9.52 Å². The largest absolute Gasteiger partial charge is 0.457 e. The van der Waals surface area contributed by atoms with Gasteiger partial charge in [0.05, 0.1) is 5.75 Å². The number of carbonyl (C=O) groups is 1. The van der Waals surface area contributed by atoms with E-state index in [1.807, 2.05) is 6.07 Å². The zero-order valence-corrected chi connectivity index (χ0v) is 8.92. The van der Waals surface area contributed by atoms with Crippen LogP contribution >= 0.6 is 11.8 Å². The van der Waals surface area contributed by atoms with Crippen LogP contribution in [-0.2, 0) is 5.75 Å². The minimum atomic E-state index is 0.214. The molecule has 4 heteroatoms. The molecule has 1 aromatic heterocycles. The lowest BCUT2D eigenvalue weighted by atomic mass is 10.3. The Labute approximate surface area is 87.5 Å². The van der Waals surface area contributed by atoms with E-state index < -0.39 is 0 Å². The molecule has 0 radical (unpaired) electrons. The molecule has 78 valence electrons. The standard InChI is InChI=1S/C10H14O3S/c1-8(4-5-11)14-7-10-3-2-9(6-12)13-10/h2-3,6,8,11H,4-5,7H2,1H3. The molecule has 0 spiro atoms. The SMILES string of the molecule is CC(CCO)SCc1ccc(C=O)o1. The van der Waals surface area contributed by atoms with Gasteiger partial charge in [-0.3, -0.25) is 4.79 Å². The molecular formula is C10H14O3S. The summed E-state index contributed by atoms with van der Waals surface area (Å²) in [6, 6.07) is 3.47. The molecule has 0 fully saturated rings. The number of aldehydes is 1. The van der Waals surface area contributed by atoms with Crippen LogP contribution in [-0.4, -0.2) is 23.2 Å². The van der Waals surface area contributed by atoms with Crippen molar-refractivity contribution in [3.63, 3.8) is 0 Å². The van der Waals surface area contributed by atoms with Gasteiger partial charge in [-0.15, -0.1) is 0 Å². The first-order valence-electron chi connectivity index (χ1n) is 4.52. The molecule has 1 aromatic rings. The summed E-state index contributed by atoms with van der Waals surface area (Å²) in [4.78, 5) is 10.3. The van der Waals surface area contributed by atoms with Gasteiger partial charge in [0.25, 0.3) is 0 Å². The second-order valence-electron chi connectivity index (χ2n) is 3.06. The van der Waals surface area contributed by atoms with Gasteiger partial charge in [0, 0.05) is 11.9 Å². The van der Waals surface area contributed by atoms with Gasteiger partial charge in [0.15, 0.2) is 12.0 Å². The van der Waals surface area contributed by atoms with Crippen LogP contribution in [0.5, 0.6) is 0 Å². The third-order valence-corrected chi connectivity index (χ3v) is 3.10. The smallest absolute Gasteiger partial charge is 0.185 e. The fourth-order valence-electron chi connectivity index (χ4n) is 1.02. The van der Waals surface area contributed by atoms with Crippen LogP contribution in [0.15, 0.2) is 16.5 Å². The second kappa shape index (κ2) is 5.88. The summed E-state index contributed by atoms with van der Waals surface area (Å²) in [5, 5.41) is 9.10. The molecule has 1 unspecified atom stereocenters. The van der Waals surface area contributed by atoms with Crippen LogP contribution in [0.25, 0.3) is 0 Å². The molecule has 1 N–H and O–H groups in total. The summed E-state index contributed by atoms with van der Waals surface area (Å²) in [5.74, 6) is 1.92. The molecule has 0 bridgehead atoms. The highest BCUT2D eigenvalue weighted by Gasteiger charge is 2.05. The number of carbonyl (C=O) groups excluding carboxylic acids is 1. The van der Waals surface area contributed by atoms with E-state index in [0.29, 0.717) is 17.3 Å². The lowest BCUT2D eigenvalue weighted by molar-refractivity contribution is 0.109. The molecule has 1 rings (SSSR count). The first kappa shape index (κ1) is 11.3. The van der Waals surface area contributed by atoms with Crippen LogP contribution in [0.3, 0.4) is 0 Å². The van der Waals surface area contributed by atoms with E-state index in [9.17, 15) is 4.79 Å². The zero-order valence-electron chi connectivity index (χ0n) is 8.10. The molecule has 0 aliphatic carbocycles. The van der Waals surface area contributed by atoms with Crippen molar-refractivity contribution in [1.29, 1.82) is 0 Å². The number of hydrogen-bond donors (Lipinski definition) is 1. The van der Waals surface area contributed by atoms with Crippen molar-refractivity contribution < 1.29 is 14.3 Å². The van der Waals surface area contributed by atoms with E-state index >= 15 is 0 Å². The first-order valence-corrected chi connectivity index (χ1v) is 5.57. The predicted molar refractivity (Wildman–Crippen MR) is 56.6 cm³/mol. The molecule has 0 saturated heterocycles. The summed E-state index contributed by atoms with van der Waals surface area (Å²) in [5.41, 5.74) is 0. The Morgan fingerprint density at radius 2 is 2.43 bits per heavy atom. The summed E-state index contributed by atoms with van der Waals surface area (Å²) < 4.78 is 5.21. The Hall–Kier alpha value is -0.740. The Bertz CT molecular complexity index is 283. The zero-order chi connectivity index (χ0) is 10.4. The third kappa shape index (κ3) is 3.55. The fraction of sp³-hybridized carbons (Fsp3) is 0.500. The Kier molecular flexibility index (Phi) is 4.76. The molecule has 0 aliphatic rings. The maximum absolute atomic E-state index is 10.3. The summed E-state index contributed by atoms with van der Waals surface area (Å²) in [7, 11) is 0. The molecule has 0 aromatic carbocycles. The molecule has 0 amide bonds. The van der Waals surface area contributed by atoms with Crippen molar-refractivity contribution in [3.8, 4) is 0 Å². The normalized spacial score (nSPS) is 12.7. The monoisotopic (exact) mass is 214 g/mol. The van der Waals surface area contributed by atoms with Crippen LogP contribution < -0.4 is 0 Å². The number of aliphatic hydroxyl groups is 1. The van der Waals surface area contributed by atoms with Crippen molar-refractivity contribution in [3.05, 3.63) is 23.7 Å². The van der Waals surface area contributed by atoms with Crippen molar-refractivity contribution in [2.45, 2.75) is 24.3 Å². The molecule has 3 nitrogen and oxygen atoms in total. The maximum atomic E-state index is 10.3. The summed E-state index contributed by atoms with van der Waals surface area (Å²) >= 11 is 1.71. The van der Waals surface area contributed by atoms with Gasteiger partial charge in [-0.1, -0.05) is 6.92 Å². The van der Waals surface area contributed by atoms with Gasteiger partial charge in [-0.05, 0) is 18.6 Å². The van der Waals surface area contributed by atoms with Crippen LogP contribution in [0.1, 0.15) is 29.7 Å². The molecule has 14 heavy (non-hydrogen) atoms. The number of hydrogen-bond acceptors (Lipinski definition) is 4. The Morgan fingerprint density at radius 1 is 1.64 bits per heavy atom. The van der Waals surface area contributed by atoms with E-state index in [4.69, 9.17) is 9.52 Å². The quantitative estimate of drug-likeness (QED) is 0.737. The Balaban J connectivity index is 2.33. The lowest BCUT2D eigenvalue weighted by Gasteiger charge is -2.06. The fourth-order valence-corrected chi connectivity index (χ4v) is 1.90. The van der Waals surface area contributed by atoms with Crippen LogP contribution in [0.4, 0.5) is 0 Å². The number of furan rings is 1. The molecule has 0 aliphatic heterocycles. The van der Waals surface area contributed by atoms with Crippen LogP contribution in [0.2, 0.25) is 0 Å². The van der Waals surface area contributed by atoms with E-state index in [1.165, 1.54) is 0 Å². The molecule has 1 atom stereocenters. The average molecular weight is 214 g/mol. The second-order valence-corrected chi connectivity index (χ2v) is 4.48. The summed E-state index contributed by atoms with van der Waals surface area (Å²) in [6.07, 6.45) is 1.48. The van der Waals surface area contributed by atoms with Gasteiger partial charge in [0.1, 0.15) is 5.76 Å². The van der Waals surface area contributed by atoms with E-state index in [1.54, 1.807) is 17.8 Å². The minimum absolute atomic E-state index is 0.214. The highest BCUT2D eigenvalue weighted by atomic mass is 32.2. The van der Waals surface area contributed by atoms with Gasteiger partial charge in [-0.25, -0.2) is 0 Å². The van der Waals surface area contributed by atoms with E-state index in [2.05, 4.69) is 6.92 Å². The van der Waals surface area contributed by atoms with Crippen molar-refractivity contribution >= 4 is 18.0 Å². The molecule has 0 saturated carbocycles. The summed E-state index contributed by atoms with van der Waals surface area (Å²) in [6.45, 7) is 2.27. The number of aliphatic hydroxyl groups excluding tert-OH is 1. The highest BCUT2D eigenvalue weighted by molar-refractivity contribution is 7.99. The molecule has 1 heterocycles. The van der Waals surface area contributed by atoms with Gasteiger partial charge in [0.2, 0.25) is 0 Å². The minimum Gasteiger partial charge on any atom is -0.457 e. The topological polar surface area (TPSA) is 50.4 Å². The third-order valence-electron chi connectivity index (χ3n) is 1.84. The van der Waals surface area contributed by atoms with Gasteiger partial charge >= 0.3 is 0 Å². The number of thioether (sulfide) groups is 1. The maximum Gasteiger partial charge on any atom is 0.185 e. The van der Waals surface area contributed by atoms with Gasteiger partial charge in [-0.2, -0.15) is 11.8 Å². The first-order chi connectivity index (χ1) is 6.76. The van der Waals surface area contributed by atoms with Crippen molar-refractivity contribution in [2.75, 3.05) is 6.61 Å². The average Bonchev–Trinajstić information content (AvgIpc) is 2.63. The Morgan fingerprint density at radius 3 is 3.00 bits per heavy atom. The van der Waals surface area contributed by atoms with Crippen molar-refractivity contribution in [1.82, 2.24) is 0 Å².